The van der Waals surface area contributed by atoms with Crippen LogP contribution in [0.3, 0.4) is 0 Å². The number of rotatable bonds is 4. The number of hydrogen-bond donors (Lipinski definition) is 1. The molecule has 3 aliphatic rings. The fraction of sp³-hybridized carbons (Fsp3) is 0.778. The molecule has 1 N–H and O–H groups in total. The van der Waals surface area contributed by atoms with Crippen molar-refractivity contribution >= 4 is 5.91 Å². The molecule has 138 valence electrons. The van der Waals surface area contributed by atoms with Crippen LogP contribution in [0.2, 0.25) is 0 Å². The number of aromatic nitrogens is 2. The molecular formula is C18H26F2N4O. The van der Waals surface area contributed by atoms with E-state index in [1.807, 2.05) is 10.9 Å². The van der Waals surface area contributed by atoms with Gasteiger partial charge in [-0.15, -0.1) is 0 Å². The Bertz CT molecular complexity index is 618. The standard InChI is InChI=1S/C18H26F2N4O/c19-18(20)7-14(8-18)17(25)21-9-13-10-23(15-3-1-2-4-15)12-16-5-6-22-24(16)11-13/h5-6,13-15H,1-4,7-12H2,(H,21,25)/t13-/m1/s1. The molecule has 1 aromatic rings. The van der Waals surface area contributed by atoms with Crippen molar-refractivity contribution in [1.82, 2.24) is 20.0 Å². The van der Waals surface area contributed by atoms with Gasteiger partial charge in [-0.1, -0.05) is 12.8 Å². The van der Waals surface area contributed by atoms with Crippen LogP contribution in [0.4, 0.5) is 8.78 Å². The van der Waals surface area contributed by atoms with Gasteiger partial charge in [0.25, 0.3) is 0 Å². The quantitative estimate of drug-likeness (QED) is 0.905. The molecule has 2 aliphatic carbocycles. The smallest absolute Gasteiger partial charge is 0.249 e. The second-order valence-corrected chi connectivity index (χ2v) is 7.94. The predicted octanol–water partition coefficient (Wildman–Crippen LogP) is 2.42. The van der Waals surface area contributed by atoms with E-state index in [9.17, 15) is 13.6 Å². The highest BCUT2D eigenvalue weighted by Gasteiger charge is 2.48. The molecule has 2 heterocycles. The van der Waals surface area contributed by atoms with Gasteiger partial charge in [0.2, 0.25) is 11.8 Å². The fourth-order valence-corrected chi connectivity index (χ4v) is 4.48. The van der Waals surface area contributed by atoms with Gasteiger partial charge < -0.3 is 5.32 Å². The Morgan fingerprint density at radius 1 is 1.28 bits per heavy atom. The number of nitrogens with one attached hydrogen (secondary N) is 1. The Labute approximate surface area is 146 Å². The van der Waals surface area contributed by atoms with Gasteiger partial charge >= 0.3 is 0 Å². The molecule has 0 aromatic carbocycles. The minimum absolute atomic E-state index is 0.219. The summed E-state index contributed by atoms with van der Waals surface area (Å²) in [5.74, 6) is -3.13. The van der Waals surface area contributed by atoms with Crippen LogP contribution in [-0.2, 0) is 17.9 Å². The maximum Gasteiger partial charge on any atom is 0.249 e. The zero-order valence-corrected chi connectivity index (χ0v) is 14.5. The molecule has 7 heteroatoms. The topological polar surface area (TPSA) is 50.2 Å². The van der Waals surface area contributed by atoms with Crippen LogP contribution in [0.5, 0.6) is 0 Å². The van der Waals surface area contributed by atoms with Crippen molar-refractivity contribution in [1.29, 1.82) is 0 Å². The number of fused-ring (bicyclic) bond motifs is 1. The van der Waals surface area contributed by atoms with Gasteiger partial charge in [0.05, 0.1) is 5.69 Å². The maximum atomic E-state index is 13.0. The number of nitrogens with zero attached hydrogens (tertiary/aromatic N) is 3. The van der Waals surface area contributed by atoms with Gasteiger partial charge in [0.15, 0.2) is 0 Å². The van der Waals surface area contributed by atoms with Crippen molar-refractivity contribution in [2.75, 3.05) is 13.1 Å². The Hall–Kier alpha value is -1.50. The largest absolute Gasteiger partial charge is 0.355 e. The third-order valence-electron chi connectivity index (χ3n) is 5.96. The Morgan fingerprint density at radius 3 is 2.76 bits per heavy atom. The number of hydrogen-bond acceptors (Lipinski definition) is 3. The zero-order valence-electron chi connectivity index (χ0n) is 14.5. The first-order valence-corrected chi connectivity index (χ1v) is 9.40. The minimum Gasteiger partial charge on any atom is -0.355 e. The third kappa shape index (κ3) is 3.71. The van der Waals surface area contributed by atoms with Crippen LogP contribution >= 0.6 is 0 Å². The highest BCUT2D eigenvalue weighted by Crippen LogP contribution is 2.42. The van der Waals surface area contributed by atoms with Crippen molar-refractivity contribution in [3.8, 4) is 0 Å². The first-order valence-electron chi connectivity index (χ1n) is 9.40. The van der Waals surface area contributed by atoms with Crippen molar-refractivity contribution in [3.05, 3.63) is 18.0 Å². The lowest BCUT2D eigenvalue weighted by Gasteiger charge is -2.34. The Morgan fingerprint density at radius 2 is 2.04 bits per heavy atom. The SMILES string of the molecule is O=C(NC[C@@H]1CN(C2CCCC2)Cc2ccnn2C1)C1CC(F)(F)C1. The van der Waals surface area contributed by atoms with Crippen LogP contribution in [0.25, 0.3) is 0 Å². The van der Waals surface area contributed by atoms with E-state index in [2.05, 4.69) is 21.4 Å². The number of amides is 1. The van der Waals surface area contributed by atoms with Crippen LogP contribution in [0.1, 0.15) is 44.2 Å². The second-order valence-electron chi connectivity index (χ2n) is 7.94. The highest BCUT2D eigenvalue weighted by atomic mass is 19.3. The molecule has 4 rings (SSSR count). The highest BCUT2D eigenvalue weighted by molar-refractivity contribution is 5.79. The van der Waals surface area contributed by atoms with Crippen molar-refractivity contribution in [2.24, 2.45) is 11.8 Å². The normalized spacial score (nSPS) is 27.5. The maximum absolute atomic E-state index is 13.0. The number of carbonyl (C=O) groups excluding carboxylic acids is 1. The monoisotopic (exact) mass is 352 g/mol. The fourth-order valence-electron chi connectivity index (χ4n) is 4.48. The van der Waals surface area contributed by atoms with E-state index in [1.165, 1.54) is 31.4 Å². The van der Waals surface area contributed by atoms with E-state index >= 15 is 0 Å². The van der Waals surface area contributed by atoms with E-state index in [1.54, 1.807) is 0 Å². The average Bonchev–Trinajstić information content (AvgIpc) is 3.19. The van der Waals surface area contributed by atoms with Crippen LogP contribution in [0, 0.1) is 11.8 Å². The van der Waals surface area contributed by atoms with Gasteiger partial charge in [-0.25, -0.2) is 8.78 Å². The number of alkyl halides is 2. The van der Waals surface area contributed by atoms with Gasteiger partial charge in [0, 0.05) is 63.1 Å². The van der Waals surface area contributed by atoms with E-state index < -0.39 is 11.8 Å². The molecular weight excluding hydrogens is 326 g/mol. The second kappa shape index (κ2) is 6.67. The minimum atomic E-state index is -2.65. The third-order valence-corrected chi connectivity index (χ3v) is 5.96. The first-order chi connectivity index (χ1) is 12.0. The summed E-state index contributed by atoms with van der Waals surface area (Å²) in [5.41, 5.74) is 1.22. The molecule has 25 heavy (non-hydrogen) atoms. The molecule has 0 bridgehead atoms. The van der Waals surface area contributed by atoms with Crippen molar-refractivity contribution in [2.45, 2.75) is 63.6 Å². The van der Waals surface area contributed by atoms with Gasteiger partial charge in [-0.3, -0.25) is 14.4 Å². The lowest BCUT2D eigenvalue weighted by Crippen LogP contribution is -2.47. The zero-order chi connectivity index (χ0) is 17.4. The summed E-state index contributed by atoms with van der Waals surface area (Å²) >= 11 is 0. The number of halogens is 2. The summed E-state index contributed by atoms with van der Waals surface area (Å²) < 4.78 is 27.9. The van der Waals surface area contributed by atoms with Crippen LogP contribution in [0.15, 0.2) is 12.3 Å². The van der Waals surface area contributed by atoms with E-state index in [4.69, 9.17) is 0 Å². The molecule has 1 atom stereocenters. The van der Waals surface area contributed by atoms with Gasteiger partial charge in [-0.05, 0) is 18.9 Å². The molecule has 0 unspecified atom stereocenters. The van der Waals surface area contributed by atoms with E-state index in [0.29, 0.717) is 12.6 Å². The number of carbonyl (C=O) groups is 1. The van der Waals surface area contributed by atoms with Gasteiger partial charge in [-0.2, -0.15) is 5.10 Å². The summed E-state index contributed by atoms with van der Waals surface area (Å²) in [6.45, 7) is 3.13. The van der Waals surface area contributed by atoms with Crippen molar-refractivity contribution < 1.29 is 13.6 Å². The average molecular weight is 352 g/mol. The summed E-state index contributed by atoms with van der Waals surface area (Å²) in [7, 11) is 0. The summed E-state index contributed by atoms with van der Waals surface area (Å²) in [5, 5.41) is 7.33. The molecule has 1 aliphatic heterocycles. The molecule has 0 spiro atoms. The van der Waals surface area contributed by atoms with Gasteiger partial charge in [0.1, 0.15) is 0 Å². The molecule has 5 nitrogen and oxygen atoms in total. The van der Waals surface area contributed by atoms with E-state index in [-0.39, 0.29) is 24.7 Å². The summed E-state index contributed by atoms with van der Waals surface area (Å²) in [6, 6.07) is 2.68. The summed E-state index contributed by atoms with van der Waals surface area (Å²) in [4.78, 5) is 14.6. The van der Waals surface area contributed by atoms with Crippen LogP contribution < -0.4 is 5.32 Å². The Kier molecular flexibility index (Phi) is 4.52. The molecule has 1 aromatic heterocycles. The summed E-state index contributed by atoms with van der Waals surface area (Å²) in [6.07, 6.45) is 6.28. The molecule has 1 amide bonds. The van der Waals surface area contributed by atoms with E-state index in [0.717, 1.165) is 19.6 Å². The lowest BCUT2D eigenvalue weighted by molar-refractivity contribution is -0.150. The molecule has 2 saturated carbocycles. The van der Waals surface area contributed by atoms with Crippen molar-refractivity contribution in [3.63, 3.8) is 0 Å². The van der Waals surface area contributed by atoms with Crippen LogP contribution in [-0.4, -0.2) is 45.6 Å². The molecule has 0 radical (unpaired) electrons. The molecule has 0 saturated heterocycles. The lowest BCUT2D eigenvalue weighted by atomic mass is 9.80. The molecule has 2 fully saturated rings. The predicted molar refractivity (Wildman–Crippen MR) is 89.1 cm³/mol. The Balaban J connectivity index is 1.37. The first kappa shape index (κ1) is 16.9.